The smallest absolute Gasteiger partial charge is 0.224 e. The number of fused-ring (bicyclic) bond motifs is 1. The number of benzene rings is 2. The largest absolute Gasteiger partial charge is 0.378 e. The van der Waals surface area contributed by atoms with Crippen LogP contribution in [0.1, 0.15) is 67.5 Å². The molecule has 3 rings (SSSR count). The molecule has 1 amide bonds. The summed E-state index contributed by atoms with van der Waals surface area (Å²) in [6.07, 6.45) is 2.41. The SMILES string of the molecule is Cc1cc(F)cc(NC2CCc3c2cc(C)c(NC(=O)CC(C)(C)C)c3C)c1. The van der Waals surface area contributed by atoms with E-state index in [1.54, 1.807) is 6.07 Å². The molecule has 0 radical (unpaired) electrons. The molecule has 150 valence electrons. The van der Waals surface area contributed by atoms with Gasteiger partial charge in [-0.15, -0.1) is 0 Å². The Morgan fingerprint density at radius 2 is 1.86 bits per heavy atom. The van der Waals surface area contributed by atoms with E-state index in [1.165, 1.54) is 17.2 Å². The molecule has 2 aromatic carbocycles. The first-order chi connectivity index (χ1) is 13.0. The zero-order valence-electron chi connectivity index (χ0n) is 17.8. The maximum absolute atomic E-state index is 13.7. The second-order valence-corrected chi connectivity index (χ2v) is 9.30. The Bertz CT molecular complexity index is 892. The molecule has 0 fully saturated rings. The molecule has 4 heteroatoms. The molecular formula is C24H31FN2O. The molecule has 0 heterocycles. The fourth-order valence-corrected chi connectivity index (χ4v) is 4.17. The quantitative estimate of drug-likeness (QED) is 0.658. The second-order valence-electron chi connectivity index (χ2n) is 9.30. The second kappa shape index (κ2) is 7.57. The summed E-state index contributed by atoms with van der Waals surface area (Å²) in [6.45, 7) is 12.2. The van der Waals surface area contributed by atoms with Gasteiger partial charge >= 0.3 is 0 Å². The number of carbonyl (C=O) groups is 1. The van der Waals surface area contributed by atoms with Crippen LogP contribution >= 0.6 is 0 Å². The molecule has 0 saturated heterocycles. The van der Waals surface area contributed by atoms with Crippen LogP contribution in [0.25, 0.3) is 0 Å². The van der Waals surface area contributed by atoms with E-state index in [2.05, 4.69) is 44.4 Å². The van der Waals surface area contributed by atoms with E-state index in [0.717, 1.165) is 40.9 Å². The topological polar surface area (TPSA) is 41.1 Å². The van der Waals surface area contributed by atoms with E-state index in [-0.39, 0.29) is 23.2 Å². The van der Waals surface area contributed by atoms with Crippen LogP contribution in [0.3, 0.4) is 0 Å². The van der Waals surface area contributed by atoms with Gasteiger partial charge < -0.3 is 10.6 Å². The molecule has 0 aliphatic heterocycles. The maximum Gasteiger partial charge on any atom is 0.224 e. The number of rotatable bonds is 4. The highest BCUT2D eigenvalue weighted by molar-refractivity contribution is 5.93. The van der Waals surface area contributed by atoms with Gasteiger partial charge in [0.2, 0.25) is 5.91 Å². The number of nitrogens with one attached hydrogen (secondary N) is 2. The van der Waals surface area contributed by atoms with E-state index in [1.807, 2.05) is 19.9 Å². The van der Waals surface area contributed by atoms with Crippen molar-refractivity contribution in [3.63, 3.8) is 0 Å². The van der Waals surface area contributed by atoms with E-state index in [9.17, 15) is 9.18 Å². The van der Waals surface area contributed by atoms with Crippen LogP contribution < -0.4 is 10.6 Å². The van der Waals surface area contributed by atoms with Crippen molar-refractivity contribution in [1.29, 1.82) is 0 Å². The highest BCUT2D eigenvalue weighted by Crippen LogP contribution is 2.40. The third-order valence-corrected chi connectivity index (χ3v) is 5.34. The number of aryl methyl sites for hydroxylation is 2. The molecular weight excluding hydrogens is 351 g/mol. The summed E-state index contributed by atoms with van der Waals surface area (Å²) in [4.78, 5) is 12.4. The van der Waals surface area contributed by atoms with Crippen molar-refractivity contribution in [1.82, 2.24) is 0 Å². The van der Waals surface area contributed by atoms with Crippen LogP contribution in [0.4, 0.5) is 15.8 Å². The Morgan fingerprint density at radius 3 is 2.50 bits per heavy atom. The molecule has 0 aromatic heterocycles. The Labute approximate surface area is 167 Å². The first-order valence-corrected chi connectivity index (χ1v) is 10.00. The molecule has 1 atom stereocenters. The Morgan fingerprint density at radius 1 is 1.14 bits per heavy atom. The number of halogens is 1. The van der Waals surface area contributed by atoms with Crippen LogP contribution in [0.15, 0.2) is 24.3 Å². The van der Waals surface area contributed by atoms with E-state index < -0.39 is 0 Å². The van der Waals surface area contributed by atoms with Crippen molar-refractivity contribution in [2.75, 3.05) is 10.6 Å². The van der Waals surface area contributed by atoms with Gasteiger partial charge in [-0.1, -0.05) is 26.8 Å². The third kappa shape index (κ3) is 4.54. The summed E-state index contributed by atoms with van der Waals surface area (Å²) in [5.74, 6) is -0.161. The minimum atomic E-state index is -0.218. The summed E-state index contributed by atoms with van der Waals surface area (Å²) in [5, 5.41) is 6.63. The van der Waals surface area contributed by atoms with Gasteiger partial charge in [-0.3, -0.25) is 4.79 Å². The van der Waals surface area contributed by atoms with E-state index in [4.69, 9.17) is 0 Å². The minimum Gasteiger partial charge on any atom is -0.378 e. The highest BCUT2D eigenvalue weighted by atomic mass is 19.1. The average molecular weight is 383 g/mol. The fourth-order valence-electron chi connectivity index (χ4n) is 4.17. The van der Waals surface area contributed by atoms with Crippen molar-refractivity contribution in [3.05, 3.63) is 57.9 Å². The standard InChI is InChI=1S/C24H31FN2O/c1-14-9-17(25)12-18(10-14)26-21-8-7-19-16(3)23(15(2)11-20(19)21)27-22(28)13-24(4,5)6/h9-12,21,26H,7-8,13H2,1-6H3,(H,27,28). The van der Waals surface area contributed by atoms with Crippen LogP contribution in [0, 0.1) is 32.0 Å². The zero-order chi connectivity index (χ0) is 20.6. The first-order valence-electron chi connectivity index (χ1n) is 10.00. The number of hydrogen-bond donors (Lipinski definition) is 2. The van der Waals surface area contributed by atoms with Gasteiger partial charge in [-0.25, -0.2) is 4.39 Å². The van der Waals surface area contributed by atoms with Crippen molar-refractivity contribution < 1.29 is 9.18 Å². The molecule has 28 heavy (non-hydrogen) atoms. The van der Waals surface area contributed by atoms with Gasteiger partial charge in [-0.2, -0.15) is 0 Å². The molecule has 0 bridgehead atoms. The van der Waals surface area contributed by atoms with E-state index in [0.29, 0.717) is 6.42 Å². The summed E-state index contributed by atoms with van der Waals surface area (Å²) < 4.78 is 13.7. The number of amides is 1. The van der Waals surface area contributed by atoms with Crippen molar-refractivity contribution in [2.45, 2.75) is 66.8 Å². The van der Waals surface area contributed by atoms with Crippen LogP contribution in [-0.2, 0) is 11.2 Å². The lowest BCUT2D eigenvalue weighted by Gasteiger charge is -2.21. The maximum atomic E-state index is 13.7. The van der Waals surface area contributed by atoms with Gasteiger partial charge in [0.1, 0.15) is 5.82 Å². The summed E-state index contributed by atoms with van der Waals surface area (Å²) >= 11 is 0. The van der Waals surface area contributed by atoms with Crippen LogP contribution in [-0.4, -0.2) is 5.91 Å². The van der Waals surface area contributed by atoms with Gasteiger partial charge in [0, 0.05) is 17.8 Å². The Hall–Kier alpha value is -2.36. The number of hydrogen-bond acceptors (Lipinski definition) is 2. The van der Waals surface area contributed by atoms with Gasteiger partial charge in [0.15, 0.2) is 0 Å². The predicted molar refractivity (Wildman–Crippen MR) is 114 cm³/mol. The molecule has 1 unspecified atom stereocenters. The lowest BCUT2D eigenvalue weighted by Crippen LogP contribution is -2.21. The summed E-state index contributed by atoms with van der Waals surface area (Å²) in [5.41, 5.74) is 7.39. The first kappa shape index (κ1) is 20.4. The molecule has 1 aliphatic rings. The molecule has 1 aliphatic carbocycles. The molecule has 0 spiro atoms. The monoisotopic (exact) mass is 382 g/mol. The van der Waals surface area contributed by atoms with Crippen LogP contribution in [0.5, 0.6) is 0 Å². The number of carbonyl (C=O) groups excluding carboxylic acids is 1. The zero-order valence-corrected chi connectivity index (χ0v) is 17.8. The van der Waals surface area contributed by atoms with Crippen LogP contribution in [0.2, 0.25) is 0 Å². The predicted octanol–water partition coefficient (Wildman–Crippen LogP) is 6.23. The van der Waals surface area contributed by atoms with Crippen molar-refractivity contribution in [2.24, 2.45) is 5.41 Å². The van der Waals surface area contributed by atoms with Crippen molar-refractivity contribution >= 4 is 17.3 Å². The molecule has 2 aromatic rings. The molecule has 0 saturated carbocycles. The fraction of sp³-hybridized carbons (Fsp3) is 0.458. The Kier molecular flexibility index (Phi) is 5.51. The third-order valence-electron chi connectivity index (χ3n) is 5.34. The lowest BCUT2D eigenvalue weighted by molar-refractivity contribution is -0.117. The lowest BCUT2D eigenvalue weighted by atomic mass is 9.91. The normalized spacial score (nSPS) is 16.0. The summed E-state index contributed by atoms with van der Waals surface area (Å²) in [6, 6.07) is 7.39. The average Bonchev–Trinajstić information content (AvgIpc) is 2.91. The van der Waals surface area contributed by atoms with Gasteiger partial charge in [-0.05, 0) is 85.0 Å². The minimum absolute atomic E-state index is 0.0409. The molecule has 3 nitrogen and oxygen atoms in total. The van der Waals surface area contributed by atoms with Crippen molar-refractivity contribution in [3.8, 4) is 0 Å². The van der Waals surface area contributed by atoms with Gasteiger partial charge in [0.05, 0.1) is 6.04 Å². The van der Waals surface area contributed by atoms with Gasteiger partial charge in [0.25, 0.3) is 0 Å². The van der Waals surface area contributed by atoms with E-state index >= 15 is 0 Å². The highest BCUT2D eigenvalue weighted by Gasteiger charge is 2.27. The summed E-state index contributed by atoms with van der Waals surface area (Å²) in [7, 11) is 0. The molecule has 2 N–H and O–H groups in total. The number of anilines is 2. The Balaban J connectivity index is 1.85.